The minimum atomic E-state index is -3.13. The highest BCUT2D eigenvalue weighted by Crippen LogP contribution is 2.27. The largest absolute Gasteiger partial charge is 0.223 e. The molecule has 2 nitrogen and oxygen atoms in total. The zero-order valence-electron chi connectivity index (χ0n) is 11.0. The second-order valence-corrected chi connectivity index (χ2v) is 10.4. The molecule has 0 N–H and O–H groups in total. The lowest BCUT2D eigenvalue weighted by molar-refractivity contribution is 0.597. The molecule has 20 heavy (non-hydrogen) atoms. The number of aryl methyl sites for hydroxylation is 1. The maximum atomic E-state index is 12.1. The summed E-state index contributed by atoms with van der Waals surface area (Å²) >= 11 is 6.27. The van der Waals surface area contributed by atoms with Crippen LogP contribution in [0.1, 0.15) is 12.0 Å². The Bertz CT molecular complexity index is 660. The van der Waals surface area contributed by atoms with Gasteiger partial charge in [-0.15, -0.1) is 23.1 Å². The maximum Gasteiger partial charge on any atom is 0.187 e. The van der Waals surface area contributed by atoms with Gasteiger partial charge in [0.1, 0.15) is 4.21 Å². The van der Waals surface area contributed by atoms with Gasteiger partial charge in [0.2, 0.25) is 0 Å². The van der Waals surface area contributed by atoms with Crippen LogP contribution in [0, 0.1) is 6.92 Å². The van der Waals surface area contributed by atoms with E-state index in [1.54, 1.807) is 23.9 Å². The molecule has 0 atom stereocenters. The summed E-state index contributed by atoms with van der Waals surface area (Å²) in [6, 6.07) is 11.7. The summed E-state index contributed by atoms with van der Waals surface area (Å²) in [7, 11) is -3.13. The van der Waals surface area contributed by atoms with Gasteiger partial charge >= 0.3 is 0 Å². The van der Waals surface area contributed by atoms with Gasteiger partial charge in [0.15, 0.2) is 9.84 Å². The molecule has 0 spiro atoms. The molecule has 6 heteroatoms. The van der Waals surface area contributed by atoms with Crippen LogP contribution in [0.25, 0.3) is 0 Å². The van der Waals surface area contributed by atoms with Crippen molar-refractivity contribution in [3.05, 3.63) is 45.7 Å². The summed E-state index contributed by atoms with van der Waals surface area (Å²) in [6.45, 7) is 2.06. The lowest BCUT2D eigenvalue weighted by Gasteiger charge is -2.03. The molecule has 0 saturated heterocycles. The highest BCUT2D eigenvalue weighted by Gasteiger charge is 2.16. The van der Waals surface area contributed by atoms with Crippen molar-refractivity contribution in [1.82, 2.24) is 0 Å². The Kier molecular flexibility index (Phi) is 5.72. The average molecular weight is 391 g/mol. The van der Waals surface area contributed by atoms with Gasteiger partial charge in [0.25, 0.3) is 0 Å². The predicted octanol–water partition coefficient (Wildman–Crippen LogP) is 4.78. The van der Waals surface area contributed by atoms with E-state index in [1.165, 1.54) is 21.8 Å². The van der Waals surface area contributed by atoms with E-state index < -0.39 is 9.84 Å². The van der Waals surface area contributed by atoms with Crippen LogP contribution in [0.4, 0.5) is 0 Å². The normalized spacial score (nSPS) is 11.7. The van der Waals surface area contributed by atoms with Gasteiger partial charge in [-0.3, -0.25) is 0 Å². The van der Waals surface area contributed by atoms with E-state index in [1.807, 2.05) is 0 Å². The molecule has 0 saturated carbocycles. The van der Waals surface area contributed by atoms with Crippen molar-refractivity contribution < 1.29 is 8.42 Å². The van der Waals surface area contributed by atoms with E-state index in [2.05, 4.69) is 47.1 Å². The third-order valence-electron chi connectivity index (χ3n) is 2.70. The molecular formula is C14H15BrO2S3. The molecule has 2 rings (SSSR count). The van der Waals surface area contributed by atoms with E-state index in [4.69, 9.17) is 0 Å². The maximum absolute atomic E-state index is 12.1. The summed E-state index contributed by atoms with van der Waals surface area (Å²) in [5, 5.41) is 0. The van der Waals surface area contributed by atoms with Crippen LogP contribution in [0.5, 0.6) is 0 Å². The van der Waals surface area contributed by atoms with E-state index in [0.717, 1.165) is 9.54 Å². The van der Waals surface area contributed by atoms with Crippen LogP contribution in [-0.2, 0) is 9.84 Å². The van der Waals surface area contributed by atoms with E-state index in [9.17, 15) is 8.42 Å². The van der Waals surface area contributed by atoms with E-state index >= 15 is 0 Å². The zero-order chi connectivity index (χ0) is 14.6. The molecule has 0 unspecified atom stereocenters. The lowest BCUT2D eigenvalue weighted by atomic mass is 10.2. The summed E-state index contributed by atoms with van der Waals surface area (Å²) in [6.07, 6.45) is 0.663. The van der Waals surface area contributed by atoms with E-state index in [-0.39, 0.29) is 5.75 Å². The fraction of sp³-hybridized carbons (Fsp3) is 0.286. The summed E-state index contributed by atoms with van der Waals surface area (Å²) in [5.41, 5.74) is 1.24. The minimum Gasteiger partial charge on any atom is -0.223 e. The molecule has 2 aromatic rings. The number of halogens is 1. The van der Waals surface area contributed by atoms with Gasteiger partial charge in [-0.1, -0.05) is 17.7 Å². The molecule has 0 bridgehead atoms. The number of sulfone groups is 1. The van der Waals surface area contributed by atoms with Crippen molar-refractivity contribution in [3.63, 3.8) is 0 Å². The van der Waals surface area contributed by atoms with Gasteiger partial charge in [-0.25, -0.2) is 8.42 Å². The fourth-order valence-corrected chi connectivity index (χ4v) is 6.14. The van der Waals surface area contributed by atoms with Gasteiger partial charge < -0.3 is 0 Å². The Morgan fingerprint density at radius 2 is 1.85 bits per heavy atom. The first-order valence-electron chi connectivity index (χ1n) is 6.15. The third-order valence-corrected chi connectivity index (χ3v) is 7.81. The molecule has 0 aliphatic rings. The topological polar surface area (TPSA) is 34.1 Å². The average Bonchev–Trinajstić information content (AvgIpc) is 2.84. The van der Waals surface area contributed by atoms with Gasteiger partial charge in [0, 0.05) is 4.90 Å². The fourth-order valence-electron chi connectivity index (χ4n) is 1.64. The molecule has 108 valence electrons. The molecule has 0 radical (unpaired) electrons. The first-order valence-corrected chi connectivity index (χ1v) is 10.4. The molecule has 0 aliphatic heterocycles. The molecule has 1 aromatic carbocycles. The molecule has 1 aromatic heterocycles. The Labute approximate surface area is 136 Å². The Hall–Kier alpha value is -0.300. The summed E-state index contributed by atoms with van der Waals surface area (Å²) in [4.78, 5) is 1.19. The van der Waals surface area contributed by atoms with Crippen LogP contribution < -0.4 is 0 Å². The van der Waals surface area contributed by atoms with Crippen LogP contribution in [0.15, 0.2) is 49.3 Å². The van der Waals surface area contributed by atoms with Crippen molar-refractivity contribution >= 4 is 48.9 Å². The number of thiophene rings is 1. The SMILES string of the molecule is Cc1ccc(SCCCS(=O)(=O)c2ccc(Br)s2)cc1. The van der Waals surface area contributed by atoms with Crippen LogP contribution in [0.3, 0.4) is 0 Å². The van der Waals surface area contributed by atoms with Gasteiger partial charge in [0.05, 0.1) is 9.54 Å². The second kappa shape index (κ2) is 7.11. The predicted molar refractivity (Wildman–Crippen MR) is 90.6 cm³/mol. The quantitative estimate of drug-likeness (QED) is 0.525. The first-order chi connectivity index (χ1) is 9.47. The molecule has 1 heterocycles. The van der Waals surface area contributed by atoms with Crippen LogP contribution >= 0.6 is 39.0 Å². The molecule has 0 amide bonds. The zero-order valence-corrected chi connectivity index (χ0v) is 15.0. The van der Waals surface area contributed by atoms with Crippen molar-refractivity contribution in [2.24, 2.45) is 0 Å². The van der Waals surface area contributed by atoms with E-state index in [0.29, 0.717) is 10.6 Å². The lowest BCUT2D eigenvalue weighted by Crippen LogP contribution is -2.05. The van der Waals surface area contributed by atoms with Crippen molar-refractivity contribution in [2.75, 3.05) is 11.5 Å². The minimum absolute atomic E-state index is 0.207. The first kappa shape index (κ1) is 16.1. The number of thioether (sulfide) groups is 1. The number of hydrogen-bond acceptors (Lipinski definition) is 4. The molecule has 0 fully saturated rings. The highest BCUT2D eigenvalue weighted by molar-refractivity contribution is 9.11. The van der Waals surface area contributed by atoms with Gasteiger partial charge in [-0.05, 0) is 59.3 Å². The number of rotatable bonds is 6. The smallest absolute Gasteiger partial charge is 0.187 e. The van der Waals surface area contributed by atoms with Crippen LogP contribution in [0.2, 0.25) is 0 Å². The third kappa shape index (κ3) is 4.62. The number of benzene rings is 1. The highest BCUT2D eigenvalue weighted by atomic mass is 79.9. The van der Waals surface area contributed by atoms with Crippen molar-refractivity contribution in [2.45, 2.75) is 22.4 Å². The standard InChI is InChI=1S/C14H15BrO2S3/c1-11-3-5-12(6-4-11)18-9-2-10-20(16,17)14-8-7-13(15)19-14/h3-8H,2,9-10H2,1H3. The Balaban J connectivity index is 1.82. The Morgan fingerprint density at radius 3 is 2.45 bits per heavy atom. The van der Waals surface area contributed by atoms with Gasteiger partial charge in [-0.2, -0.15) is 0 Å². The van der Waals surface area contributed by atoms with Crippen molar-refractivity contribution in [3.8, 4) is 0 Å². The monoisotopic (exact) mass is 390 g/mol. The molecular weight excluding hydrogens is 376 g/mol. The Morgan fingerprint density at radius 1 is 1.15 bits per heavy atom. The molecule has 0 aliphatic carbocycles. The number of hydrogen-bond donors (Lipinski definition) is 0. The summed E-state index contributed by atoms with van der Waals surface area (Å²) in [5.74, 6) is 1.02. The van der Waals surface area contributed by atoms with Crippen molar-refractivity contribution in [1.29, 1.82) is 0 Å². The van der Waals surface area contributed by atoms with Crippen LogP contribution in [-0.4, -0.2) is 19.9 Å². The second-order valence-electron chi connectivity index (χ2n) is 4.39. The summed E-state index contributed by atoms with van der Waals surface area (Å²) < 4.78 is 25.5.